The summed E-state index contributed by atoms with van der Waals surface area (Å²) in [6.45, 7) is 3.87. The summed E-state index contributed by atoms with van der Waals surface area (Å²) in [4.78, 5) is 25.9. The van der Waals surface area contributed by atoms with E-state index in [0.29, 0.717) is 19.7 Å². The van der Waals surface area contributed by atoms with E-state index in [4.69, 9.17) is 4.74 Å². The van der Waals surface area contributed by atoms with Crippen LogP contribution in [0.3, 0.4) is 0 Å². The van der Waals surface area contributed by atoms with Gasteiger partial charge in [-0.25, -0.2) is 4.79 Å². The number of nitrogens with zero attached hydrogens (tertiary/aromatic N) is 1. The summed E-state index contributed by atoms with van der Waals surface area (Å²) >= 11 is 0. The van der Waals surface area contributed by atoms with E-state index in [0.717, 1.165) is 5.56 Å². The summed E-state index contributed by atoms with van der Waals surface area (Å²) in [5.74, 6) is -0.324. The average molecular weight is 291 g/mol. The maximum absolute atomic E-state index is 12.5. The first-order valence-corrected chi connectivity index (χ1v) is 7.05. The lowest BCUT2D eigenvalue weighted by Gasteiger charge is -2.36. The minimum atomic E-state index is -0.498. The summed E-state index contributed by atoms with van der Waals surface area (Å²) in [5.41, 5.74) is 0.869. The van der Waals surface area contributed by atoms with Gasteiger partial charge in [0, 0.05) is 20.1 Å². The maximum Gasteiger partial charge on any atom is 0.321 e. The van der Waals surface area contributed by atoms with Gasteiger partial charge in [-0.3, -0.25) is 15.0 Å². The lowest BCUT2D eigenvalue weighted by atomic mass is 10.0. The largest absolute Gasteiger partial charge is 0.376 e. The highest BCUT2D eigenvalue weighted by Crippen LogP contribution is 2.23. The van der Waals surface area contributed by atoms with Crippen LogP contribution >= 0.6 is 0 Å². The maximum atomic E-state index is 12.5. The lowest BCUT2D eigenvalue weighted by Crippen LogP contribution is -2.50. The first-order chi connectivity index (χ1) is 10.1. The molecule has 2 N–H and O–H groups in total. The fourth-order valence-electron chi connectivity index (χ4n) is 2.49. The van der Waals surface area contributed by atoms with E-state index in [9.17, 15) is 9.59 Å². The number of carbonyl (C=O) groups is 2. The molecular formula is C15H21N3O3. The molecule has 6 heteroatoms. The molecule has 1 saturated heterocycles. The topological polar surface area (TPSA) is 70.7 Å². The van der Waals surface area contributed by atoms with Crippen LogP contribution in [0.25, 0.3) is 0 Å². The molecule has 0 bridgehead atoms. The second-order valence-electron chi connectivity index (χ2n) is 5.06. The Labute approximate surface area is 124 Å². The molecule has 0 unspecified atom stereocenters. The number of hydrogen-bond acceptors (Lipinski definition) is 4. The second-order valence-corrected chi connectivity index (χ2v) is 5.06. The zero-order chi connectivity index (χ0) is 15.2. The third kappa shape index (κ3) is 4.03. The predicted molar refractivity (Wildman–Crippen MR) is 78.8 cm³/mol. The third-order valence-corrected chi connectivity index (χ3v) is 3.47. The summed E-state index contributed by atoms with van der Waals surface area (Å²) < 4.78 is 5.52. The summed E-state index contributed by atoms with van der Waals surface area (Å²) in [6.07, 6.45) is 0.0674. The van der Waals surface area contributed by atoms with E-state index in [1.807, 2.05) is 42.2 Å². The molecule has 114 valence electrons. The first-order valence-electron chi connectivity index (χ1n) is 7.05. The Bertz CT molecular complexity index is 492. The van der Waals surface area contributed by atoms with E-state index < -0.39 is 12.1 Å². The summed E-state index contributed by atoms with van der Waals surface area (Å²) in [7, 11) is 1.48. The molecule has 0 radical (unpaired) electrons. The zero-order valence-corrected chi connectivity index (χ0v) is 12.3. The molecule has 0 saturated carbocycles. The Hall–Kier alpha value is -1.92. The van der Waals surface area contributed by atoms with Crippen LogP contribution in [-0.4, -0.2) is 49.7 Å². The molecule has 1 aliphatic heterocycles. The van der Waals surface area contributed by atoms with Gasteiger partial charge in [0.25, 0.3) is 0 Å². The van der Waals surface area contributed by atoms with Crippen molar-refractivity contribution in [2.75, 3.05) is 26.7 Å². The van der Waals surface area contributed by atoms with Gasteiger partial charge in [-0.05, 0) is 12.5 Å². The van der Waals surface area contributed by atoms with Crippen LogP contribution in [0.1, 0.15) is 18.5 Å². The number of hydrogen-bond donors (Lipinski definition) is 2. The van der Waals surface area contributed by atoms with Gasteiger partial charge in [0.1, 0.15) is 6.04 Å². The number of rotatable bonds is 3. The van der Waals surface area contributed by atoms with Gasteiger partial charge in [-0.1, -0.05) is 30.3 Å². The Morgan fingerprint density at radius 1 is 1.33 bits per heavy atom. The monoisotopic (exact) mass is 291 g/mol. The number of nitrogens with one attached hydrogen (secondary N) is 2. The first kappa shape index (κ1) is 15.5. The molecule has 1 heterocycles. The highest BCUT2D eigenvalue weighted by molar-refractivity contribution is 5.97. The molecule has 0 spiro atoms. The van der Waals surface area contributed by atoms with Gasteiger partial charge in [-0.15, -0.1) is 0 Å². The summed E-state index contributed by atoms with van der Waals surface area (Å²) in [6, 6.07) is 8.48. The van der Waals surface area contributed by atoms with Crippen LogP contribution in [-0.2, 0) is 9.53 Å². The van der Waals surface area contributed by atoms with Gasteiger partial charge in [0.15, 0.2) is 0 Å². The van der Waals surface area contributed by atoms with Crippen molar-refractivity contribution >= 4 is 11.9 Å². The van der Waals surface area contributed by atoms with Crippen molar-refractivity contribution in [1.82, 2.24) is 15.5 Å². The SMILES string of the molecule is CNC(=O)NC(=O)[C@H](c1ccccc1)N1CCO[C@@H](C)C1. The molecular weight excluding hydrogens is 270 g/mol. The predicted octanol–water partition coefficient (Wildman–Crippen LogP) is 0.904. The van der Waals surface area contributed by atoms with Gasteiger partial charge >= 0.3 is 6.03 Å². The fourth-order valence-corrected chi connectivity index (χ4v) is 2.49. The van der Waals surface area contributed by atoms with Gasteiger partial charge in [0.2, 0.25) is 5.91 Å². The number of ether oxygens (including phenoxy) is 1. The van der Waals surface area contributed by atoms with Crippen LogP contribution in [0.15, 0.2) is 30.3 Å². The molecule has 2 atom stereocenters. The van der Waals surface area contributed by atoms with Crippen LogP contribution in [0.4, 0.5) is 4.79 Å². The van der Waals surface area contributed by atoms with Gasteiger partial charge in [-0.2, -0.15) is 0 Å². The number of morpholine rings is 1. The Morgan fingerprint density at radius 3 is 2.67 bits per heavy atom. The second kappa shape index (κ2) is 7.19. The molecule has 6 nitrogen and oxygen atoms in total. The van der Waals surface area contributed by atoms with E-state index >= 15 is 0 Å². The Kier molecular flexibility index (Phi) is 5.30. The van der Waals surface area contributed by atoms with E-state index in [1.165, 1.54) is 7.05 Å². The lowest BCUT2D eigenvalue weighted by molar-refractivity contribution is -0.128. The average Bonchev–Trinajstić information content (AvgIpc) is 2.48. The van der Waals surface area contributed by atoms with E-state index in [-0.39, 0.29) is 12.0 Å². The van der Waals surface area contributed by atoms with Crippen LogP contribution < -0.4 is 10.6 Å². The molecule has 21 heavy (non-hydrogen) atoms. The highest BCUT2D eigenvalue weighted by atomic mass is 16.5. The summed E-state index contributed by atoms with van der Waals surface area (Å²) in [5, 5.41) is 4.77. The van der Waals surface area contributed by atoms with E-state index in [2.05, 4.69) is 10.6 Å². The van der Waals surface area contributed by atoms with Crippen molar-refractivity contribution in [3.8, 4) is 0 Å². The van der Waals surface area contributed by atoms with Crippen LogP contribution in [0, 0.1) is 0 Å². The Balaban J connectivity index is 2.22. The minimum Gasteiger partial charge on any atom is -0.376 e. The standard InChI is InChI=1S/C15H21N3O3/c1-11-10-18(8-9-21-11)13(12-6-4-3-5-7-12)14(19)17-15(20)16-2/h3-7,11,13H,8-10H2,1-2H3,(H2,16,17,19,20)/t11-,13-/m0/s1. The number of amides is 3. The minimum absolute atomic E-state index is 0.0674. The van der Waals surface area contributed by atoms with Gasteiger partial charge < -0.3 is 10.1 Å². The number of carbonyl (C=O) groups excluding carboxylic acids is 2. The molecule has 1 aromatic rings. The normalized spacial score (nSPS) is 20.6. The molecule has 0 aromatic heterocycles. The molecule has 0 aliphatic carbocycles. The third-order valence-electron chi connectivity index (χ3n) is 3.47. The van der Waals surface area contributed by atoms with Gasteiger partial charge in [0.05, 0.1) is 12.7 Å². The van der Waals surface area contributed by atoms with Crippen molar-refractivity contribution in [1.29, 1.82) is 0 Å². The van der Waals surface area contributed by atoms with Crippen molar-refractivity contribution in [2.24, 2.45) is 0 Å². The van der Waals surface area contributed by atoms with Crippen molar-refractivity contribution < 1.29 is 14.3 Å². The van der Waals surface area contributed by atoms with Crippen LogP contribution in [0.5, 0.6) is 0 Å². The fraction of sp³-hybridized carbons (Fsp3) is 0.467. The highest BCUT2D eigenvalue weighted by Gasteiger charge is 2.31. The molecule has 1 aromatic carbocycles. The molecule has 2 rings (SSSR count). The quantitative estimate of drug-likeness (QED) is 0.868. The van der Waals surface area contributed by atoms with Crippen molar-refractivity contribution in [2.45, 2.75) is 19.1 Å². The van der Waals surface area contributed by atoms with Crippen LogP contribution in [0.2, 0.25) is 0 Å². The van der Waals surface area contributed by atoms with Crippen molar-refractivity contribution in [3.05, 3.63) is 35.9 Å². The van der Waals surface area contributed by atoms with E-state index in [1.54, 1.807) is 0 Å². The number of urea groups is 1. The van der Waals surface area contributed by atoms with Crippen molar-refractivity contribution in [3.63, 3.8) is 0 Å². The smallest absolute Gasteiger partial charge is 0.321 e. The molecule has 1 fully saturated rings. The number of imide groups is 1. The Morgan fingerprint density at radius 2 is 2.05 bits per heavy atom. The molecule has 1 aliphatic rings. The molecule has 3 amide bonds. The zero-order valence-electron chi connectivity index (χ0n) is 12.3. The number of benzene rings is 1.